The van der Waals surface area contributed by atoms with Gasteiger partial charge in [0.2, 0.25) is 0 Å². The molecule has 2 N–H and O–H groups in total. The maximum Gasteiger partial charge on any atom is 0.274 e. The van der Waals surface area contributed by atoms with Crippen LogP contribution in [-0.4, -0.2) is 31.5 Å². The Morgan fingerprint density at radius 2 is 1.86 bits per heavy atom. The molecule has 8 heteroatoms. The topological polar surface area (TPSA) is 96.5 Å². The molecule has 0 aliphatic carbocycles. The highest BCUT2D eigenvalue weighted by Crippen LogP contribution is 2.20. The van der Waals surface area contributed by atoms with E-state index in [0.29, 0.717) is 34.3 Å². The second kappa shape index (κ2) is 7.98. The van der Waals surface area contributed by atoms with E-state index in [4.69, 9.17) is 11.6 Å². The lowest BCUT2D eigenvalue weighted by Crippen LogP contribution is -2.14. The molecule has 0 unspecified atom stereocenters. The van der Waals surface area contributed by atoms with Crippen LogP contribution in [0.1, 0.15) is 21.9 Å². The van der Waals surface area contributed by atoms with Gasteiger partial charge in [0.05, 0.1) is 5.69 Å². The fraction of sp³-hybridized carbons (Fsp3) is 0.0500. The number of H-pyrrole nitrogens is 1. The van der Waals surface area contributed by atoms with Gasteiger partial charge >= 0.3 is 0 Å². The van der Waals surface area contributed by atoms with Crippen molar-refractivity contribution in [3.63, 3.8) is 0 Å². The molecule has 0 saturated heterocycles. The first kappa shape index (κ1) is 17.8. The van der Waals surface area contributed by atoms with Crippen molar-refractivity contribution in [2.45, 2.75) is 6.42 Å². The molecular weight excluding hydrogens is 376 g/mol. The van der Waals surface area contributed by atoms with E-state index in [1.165, 1.54) is 0 Å². The third-order valence-corrected chi connectivity index (χ3v) is 4.32. The summed E-state index contributed by atoms with van der Waals surface area (Å²) in [6.07, 6.45) is 0.543. The zero-order valence-corrected chi connectivity index (χ0v) is 15.4. The van der Waals surface area contributed by atoms with Crippen LogP contribution in [0.25, 0.3) is 11.3 Å². The molecule has 7 nitrogen and oxygen atoms in total. The number of aromatic nitrogens is 5. The number of nitrogens with zero attached hydrogens (tertiary/aromatic N) is 4. The Morgan fingerprint density at radius 3 is 2.64 bits per heavy atom. The van der Waals surface area contributed by atoms with Crippen LogP contribution in [0.2, 0.25) is 5.02 Å². The molecule has 0 atom stereocenters. The molecule has 0 radical (unpaired) electrons. The number of carbonyl (C=O) groups is 1. The zero-order chi connectivity index (χ0) is 19.3. The number of benzene rings is 2. The van der Waals surface area contributed by atoms with Gasteiger partial charge in [-0.05, 0) is 52.4 Å². The maximum absolute atomic E-state index is 12.6. The summed E-state index contributed by atoms with van der Waals surface area (Å²) in [4.78, 5) is 17.1. The monoisotopic (exact) mass is 390 g/mol. The summed E-state index contributed by atoms with van der Waals surface area (Å²) in [5.74, 6) is 0.370. The van der Waals surface area contributed by atoms with Crippen molar-refractivity contribution in [3.8, 4) is 11.3 Å². The van der Waals surface area contributed by atoms with Gasteiger partial charge in [0.25, 0.3) is 5.91 Å². The summed E-state index contributed by atoms with van der Waals surface area (Å²) in [6, 6.07) is 20.2. The van der Waals surface area contributed by atoms with Crippen molar-refractivity contribution < 1.29 is 4.79 Å². The Bertz CT molecular complexity index is 1100. The quantitative estimate of drug-likeness (QED) is 0.540. The summed E-state index contributed by atoms with van der Waals surface area (Å²) >= 11 is 5.93. The van der Waals surface area contributed by atoms with Crippen LogP contribution in [0, 0.1) is 0 Å². The Balaban J connectivity index is 1.51. The van der Waals surface area contributed by atoms with Crippen molar-refractivity contribution in [1.82, 2.24) is 25.6 Å². The molecular formula is C20H15ClN6O. The SMILES string of the molecule is O=C(Nc1cccc(Cc2nnn[nH]2)c1)c1cccc(-c2ccc(Cl)cc2)n1. The second-order valence-corrected chi connectivity index (χ2v) is 6.53. The van der Waals surface area contributed by atoms with E-state index < -0.39 is 0 Å². The maximum atomic E-state index is 12.6. The predicted octanol–water partition coefficient (Wildman–Crippen LogP) is 3.76. The minimum absolute atomic E-state index is 0.283. The molecule has 0 bridgehead atoms. The van der Waals surface area contributed by atoms with Crippen molar-refractivity contribution in [2.75, 3.05) is 5.32 Å². The number of nitrogens with one attached hydrogen (secondary N) is 2. The van der Waals surface area contributed by atoms with Gasteiger partial charge in [-0.25, -0.2) is 10.1 Å². The third-order valence-electron chi connectivity index (χ3n) is 4.07. The lowest BCUT2D eigenvalue weighted by Gasteiger charge is -2.08. The zero-order valence-electron chi connectivity index (χ0n) is 14.6. The third kappa shape index (κ3) is 4.21. The van der Waals surface area contributed by atoms with Gasteiger partial charge in [-0.15, -0.1) is 5.10 Å². The number of tetrazole rings is 1. The van der Waals surface area contributed by atoms with E-state index >= 15 is 0 Å². The lowest BCUT2D eigenvalue weighted by molar-refractivity contribution is 0.102. The highest BCUT2D eigenvalue weighted by atomic mass is 35.5. The number of halogens is 1. The Morgan fingerprint density at radius 1 is 1.04 bits per heavy atom. The molecule has 2 aromatic carbocycles. The van der Waals surface area contributed by atoms with Gasteiger partial charge < -0.3 is 5.32 Å². The predicted molar refractivity (Wildman–Crippen MR) is 106 cm³/mol. The molecule has 0 aliphatic rings. The minimum Gasteiger partial charge on any atom is -0.321 e. The van der Waals surface area contributed by atoms with Crippen LogP contribution < -0.4 is 5.32 Å². The number of amides is 1. The summed E-state index contributed by atoms with van der Waals surface area (Å²) in [5.41, 5.74) is 3.57. The van der Waals surface area contributed by atoms with Gasteiger partial charge in [-0.1, -0.05) is 41.9 Å². The first-order valence-corrected chi connectivity index (χ1v) is 8.91. The number of pyridine rings is 1. The molecule has 4 aromatic rings. The fourth-order valence-electron chi connectivity index (χ4n) is 2.74. The molecule has 4 rings (SSSR count). The van der Waals surface area contributed by atoms with Crippen LogP contribution in [0.5, 0.6) is 0 Å². The number of aromatic amines is 1. The average Bonchev–Trinajstić information content (AvgIpc) is 3.22. The first-order valence-electron chi connectivity index (χ1n) is 8.53. The molecule has 0 saturated carbocycles. The number of hydrogen-bond donors (Lipinski definition) is 2. The highest BCUT2D eigenvalue weighted by molar-refractivity contribution is 6.30. The van der Waals surface area contributed by atoms with Gasteiger partial charge in [-0.3, -0.25) is 4.79 Å². The van der Waals surface area contributed by atoms with Gasteiger partial charge in [0.1, 0.15) is 5.69 Å². The van der Waals surface area contributed by atoms with E-state index in [9.17, 15) is 4.79 Å². The van der Waals surface area contributed by atoms with Crippen LogP contribution in [0.4, 0.5) is 5.69 Å². The summed E-state index contributed by atoms with van der Waals surface area (Å²) < 4.78 is 0. The van der Waals surface area contributed by atoms with E-state index in [2.05, 4.69) is 30.9 Å². The van der Waals surface area contributed by atoms with Crippen molar-refractivity contribution in [1.29, 1.82) is 0 Å². The van der Waals surface area contributed by atoms with E-state index in [1.807, 2.05) is 42.5 Å². The molecule has 28 heavy (non-hydrogen) atoms. The fourth-order valence-corrected chi connectivity index (χ4v) is 2.87. The number of rotatable bonds is 5. The van der Waals surface area contributed by atoms with Crippen LogP contribution in [-0.2, 0) is 6.42 Å². The second-order valence-electron chi connectivity index (χ2n) is 6.09. The standard InChI is InChI=1S/C20H15ClN6O/c21-15-9-7-14(8-10-15)17-5-2-6-18(23-17)20(28)22-16-4-1-3-13(11-16)12-19-24-26-27-25-19/h1-11H,12H2,(H,22,28)(H,24,25,26,27). The Labute approximate surface area is 165 Å². The Hall–Kier alpha value is -3.58. The number of hydrogen-bond acceptors (Lipinski definition) is 5. The summed E-state index contributed by atoms with van der Waals surface area (Å²) in [6.45, 7) is 0. The molecule has 1 amide bonds. The summed E-state index contributed by atoms with van der Waals surface area (Å²) in [7, 11) is 0. The molecule has 0 aliphatic heterocycles. The number of carbonyl (C=O) groups excluding carboxylic acids is 1. The summed E-state index contributed by atoms with van der Waals surface area (Å²) in [5, 5.41) is 17.2. The van der Waals surface area contributed by atoms with Crippen LogP contribution in [0.15, 0.2) is 66.7 Å². The molecule has 2 aromatic heterocycles. The van der Waals surface area contributed by atoms with E-state index in [1.54, 1.807) is 24.3 Å². The first-order chi connectivity index (χ1) is 13.7. The average molecular weight is 391 g/mol. The van der Waals surface area contributed by atoms with E-state index in [-0.39, 0.29) is 5.91 Å². The van der Waals surface area contributed by atoms with Crippen molar-refractivity contribution >= 4 is 23.2 Å². The van der Waals surface area contributed by atoms with E-state index in [0.717, 1.165) is 11.1 Å². The highest BCUT2D eigenvalue weighted by Gasteiger charge is 2.10. The molecule has 138 valence electrons. The molecule has 2 heterocycles. The smallest absolute Gasteiger partial charge is 0.274 e. The minimum atomic E-state index is -0.283. The van der Waals surface area contributed by atoms with Gasteiger partial charge in [-0.2, -0.15) is 0 Å². The van der Waals surface area contributed by atoms with Crippen LogP contribution in [0.3, 0.4) is 0 Å². The molecule has 0 spiro atoms. The van der Waals surface area contributed by atoms with Crippen LogP contribution >= 0.6 is 11.6 Å². The van der Waals surface area contributed by atoms with Gasteiger partial charge in [0.15, 0.2) is 5.82 Å². The molecule has 0 fully saturated rings. The largest absolute Gasteiger partial charge is 0.321 e. The van der Waals surface area contributed by atoms with Crippen molar-refractivity contribution in [2.24, 2.45) is 0 Å². The Kier molecular flexibility index (Phi) is 5.07. The number of anilines is 1. The van der Waals surface area contributed by atoms with Crippen molar-refractivity contribution in [3.05, 3.63) is 88.8 Å². The lowest BCUT2D eigenvalue weighted by atomic mass is 10.1. The normalized spacial score (nSPS) is 10.6. The van der Waals surface area contributed by atoms with Gasteiger partial charge in [0, 0.05) is 22.7 Å².